The van der Waals surface area contributed by atoms with E-state index in [1.807, 2.05) is 97.1 Å². The molecule has 0 saturated carbocycles. The van der Waals surface area contributed by atoms with Gasteiger partial charge in [0.05, 0.1) is 11.1 Å². The van der Waals surface area contributed by atoms with E-state index >= 15 is 0 Å². The van der Waals surface area contributed by atoms with E-state index in [0.717, 1.165) is 58.0 Å². The van der Waals surface area contributed by atoms with Crippen LogP contribution in [0.3, 0.4) is 0 Å². The van der Waals surface area contributed by atoms with Gasteiger partial charge in [0, 0.05) is 21.2 Å². The lowest BCUT2D eigenvalue weighted by Crippen LogP contribution is -2.15. The summed E-state index contributed by atoms with van der Waals surface area (Å²) in [4.78, 5) is 28.3. The van der Waals surface area contributed by atoms with Crippen LogP contribution < -0.4 is 10.6 Å². The number of hydrogen-bond acceptors (Lipinski definition) is 3. The molecule has 0 aliphatic carbocycles. The summed E-state index contributed by atoms with van der Waals surface area (Å²) in [5.41, 5.74) is 5.05. The van der Waals surface area contributed by atoms with Gasteiger partial charge in [-0.05, 0) is 60.4 Å². The van der Waals surface area contributed by atoms with Crippen LogP contribution in [0, 0.1) is 0 Å². The molecule has 0 aromatic heterocycles. The summed E-state index contributed by atoms with van der Waals surface area (Å²) in [6.07, 6.45) is 3.80. The van der Waals surface area contributed by atoms with Gasteiger partial charge in [-0.15, -0.1) is 0 Å². The van der Waals surface area contributed by atoms with Crippen molar-refractivity contribution in [1.82, 2.24) is 0 Å². The largest absolute Gasteiger partial charge is 0.322 e. The lowest BCUT2D eigenvalue weighted by Gasteiger charge is -2.15. The van der Waals surface area contributed by atoms with Gasteiger partial charge in [-0.3, -0.25) is 9.59 Å². The second-order valence-electron chi connectivity index (χ2n) is 8.82. The molecule has 5 heteroatoms. The number of nitrogens with one attached hydrogen (secondary N) is 2. The quantitative estimate of drug-likeness (QED) is 0.227. The molecule has 4 aromatic rings. The molecule has 0 atom stereocenters. The Bertz CT molecular complexity index is 1280. The number of rotatable bonds is 10. The normalized spacial score (nSPS) is 10.6. The van der Waals surface area contributed by atoms with E-state index in [9.17, 15) is 9.59 Å². The highest BCUT2D eigenvalue weighted by molar-refractivity contribution is 7.99. The van der Waals surface area contributed by atoms with Crippen molar-refractivity contribution in [2.24, 2.45) is 0 Å². The van der Waals surface area contributed by atoms with Crippen LogP contribution in [0.2, 0.25) is 0 Å². The molecule has 0 aliphatic rings. The molecule has 2 N–H and O–H groups in total. The highest BCUT2D eigenvalue weighted by Gasteiger charge is 2.18. The molecule has 0 bridgehead atoms. The summed E-state index contributed by atoms with van der Waals surface area (Å²) in [6.45, 7) is 4.25. The molecular formula is C32H32N2O2S. The molecule has 37 heavy (non-hydrogen) atoms. The summed E-state index contributed by atoms with van der Waals surface area (Å²) < 4.78 is 0. The standard InChI is InChI=1S/C32H32N2O2S/c1-3-13-23-15-5-9-19-27(23)33-31(35)25-17-7-11-21-29(25)37-30-22-12-8-18-26(30)32(36)34-28-20-10-6-16-24(28)14-4-2/h5-12,15-22H,3-4,13-14H2,1-2H3,(H,33,35)(H,34,36). The van der Waals surface area contributed by atoms with Gasteiger partial charge in [-0.25, -0.2) is 0 Å². The maximum Gasteiger partial charge on any atom is 0.256 e. The molecule has 4 rings (SSSR count). The first-order chi connectivity index (χ1) is 18.1. The second kappa shape index (κ2) is 12.9. The van der Waals surface area contributed by atoms with Crippen molar-refractivity contribution in [3.63, 3.8) is 0 Å². The summed E-state index contributed by atoms with van der Waals surface area (Å²) >= 11 is 1.43. The topological polar surface area (TPSA) is 58.2 Å². The number of para-hydroxylation sites is 2. The van der Waals surface area contributed by atoms with E-state index in [-0.39, 0.29) is 11.8 Å². The molecule has 0 saturated heterocycles. The number of carbonyl (C=O) groups excluding carboxylic acids is 2. The van der Waals surface area contributed by atoms with Crippen molar-refractivity contribution < 1.29 is 9.59 Å². The Balaban J connectivity index is 1.58. The van der Waals surface area contributed by atoms with Crippen LogP contribution in [0.25, 0.3) is 0 Å². The average Bonchev–Trinajstić information content (AvgIpc) is 2.92. The molecule has 4 aromatic carbocycles. The van der Waals surface area contributed by atoms with Gasteiger partial charge in [-0.2, -0.15) is 0 Å². The van der Waals surface area contributed by atoms with Crippen molar-refractivity contribution in [2.45, 2.75) is 49.3 Å². The molecule has 2 amide bonds. The van der Waals surface area contributed by atoms with Crippen molar-refractivity contribution in [2.75, 3.05) is 10.6 Å². The maximum atomic E-state index is 13.3. The molecule has 0 unspecified atom stereocenters. The highest BCUT2D eigenvalue weighted by Crippen LogP contribution is 2.34. The first kappa shape index (κ1) is 26.2. The van der Waals surface area contributed by atoms with E-state index in [2.05, 4.69) is 24.5 Å². The third kappa shape index (κ3) is 6.69. The monoisotopic (exact) mass is 508 g/mol. The fourth-order valence-electron chi connectivity index (χ4n) is 4.24. The molecule has 0 heterocycles. The Morgan fingerprint density at radius 3 is 1.38 bits per heavy atom. The Morgan fingerprint density at radius 2 is 0.946 bits per heavy atom. The van der Waals surface area contributed by atoms with Gasteiger partial charge in [-0.1, -0.05) is 99.1 Å². The predicted molar refractivity (Wildman–Crippen MR) is 154 cm³/mol. The number of aryl methyl sites for hydroxylation is 2. The average molecular weight is 509 g/mol. The van der Waals surface area contributed by atoms with Crippen molar-refractivity contribution in [1.29, 1.82) is 0 Å². The highest BCUT2D eigenvalue weighted by atomic mass is 32.2. The fourth-order valence-corrected chi connectivity index (χ4v) is 5.31. The smallest absolute Gasteiger partial charge is 0.256 e. The van der Waals surface area contributed by atoms with Crippen LogP contribution in [0.15, 0.2) is 107 Å². The Kier molecular flexibility index (Phi) is 9.17. The molecule has 0 aliphatic heterocycles. The van der Waals surface area contributed by atoms with Crippen LogP contribution in [-0.2, 0) is 12.8 Å². The van der Waals surface area contributed by atoms with Crippen molar-refractivity contribution in [3.05, 3.63) is 119 Å². The van der Waals surface area contributed by atoms with Gasteiger partial charge >= 0.3 is 0 Å². The van der Waals surface area contributed by atoms with E-state index < -0.39 is 0 Å². The lowest BCUT2D eigenvalue weighted by atomic mass is 10.1. The first-order valence-electron chi connectivity index (χ1n) is 12.7. The molecule has 188 valence electrons. The van der Waals surface area contributed by atoms with Crippen molar-refractivity contribution >= 4 is 35.0 Å². The zero-order valence-electron chi connectivity index (χ0n) is 21.3. The van der Waals surface area contributed by atoms with Crippen LogP contribution in [0.5, 0.6) is 0 Å². The van der Waals surface area contributed by atoms with Crippen LogP contribution in [-0.4, -0.2) is 11.8 Å². The van der Waals surface area contributed by atoms with E-state index in [0.29, 0.717) is 11.1 Å². The molecule has 0 spiro atoms. The van der Waals surface area contributed by atoms with E-state index in [4.69, 9.17) is 0 Å². The second-order valence-corrected chi connectivity index (χ2v) is 9.90. The zero-order valence-corrected chi connectivity index (χ0v) is 22.1. The van der Waals surface area contributed by atoms with Crippen LogP contribution >= 0.6 is 11.8 Å². The Morgan fingerprint density at radius 1 is 0.568 bits per heavy atom. The lowest BCUT2D eigenvalue weighted by molar-refractivity contribution is 0.101. The summed E-state index contributed by atoms with van der Waals surface area (Å²) in [5.74, 6) is -0.329. The minimum atomic E-state index is -0.165. The number of benzene rings is 4. The summed E-state index contributed by atoms with van der Waals surface area (Å²) in [6, 6.07) is 30.9. The molecular weight excluding hydrogens is 476 g/mol. The van der Waals surface area contributed by atoms with Crippen LogP contribution in [0.4, 0.5) is 11.4 Å². The number of anilines is 2. The summed E-state index contributed by atoms with van der Waals surface area (Å²) in [5, 5.41) is 6.19. The first-order valence-corrected chi connectivity index (χ1v) is 13.6. The molecule has 4 nitrogen and oxygen atoms in total. The number of carbonyl (C=O) groups is 2. The van der Waals surface area contributed by atoms with Crippen molar-refractivity contribution in [3.8, 4) is 0 Å². The van der Waals surface area contributed by atoms with Gasteiger partial charge in [0.1, 0.15) is 0 Å². The van der Waals surface area contributed by atoms with Gasteiger partial charge in [0.2, 0.25) is 0 Å². The maximum absolute atomic E-state index is 13.3. The Hall–Kier alpha value is -3.83. The third-order valence-electron chi connectivity index (χ3n) is 6.05. The number of hydrogen-bond donors (Lipinski definition) is 2. The fraction of sp³-hybridized carbons (Fsp3) is 0.188. The van der Waals surface area contributed by atoms with Gasteiger partial charge in [0.25, 0.3) is 11.8 Å². The van der Waals surface area contributed by atoms with E-state index in [1.54, 1.807) is 0 Å². The SMILES string of the molecule is CCCc1ccccc1NC(=O)c1ccccc1Sc1ccccc1C(=O)Nc1ccccc1CCC. The third-order valence-corrected chi connectivity index (χ3v) is 7.20. The van der Waals surface area contributed by atoms with Crippen LogP contribution in [0.1, 0.15) is 58.5 Å². The summed E-state index contributed by atoms with van der Waals surface area (Å²) in [7, 11) is 0. The number of amides is 2. The van der Waals surface area contributed by atoms with Gasteiger partial charge in [0.15, 0.2) is 0 Å². The Labute approximate surface area is 223 Å². The molecule has 0 radical (unpaired) electrons. The van der Waals surface area contributed by atoms with Gasteiger partial charge < -0.3 is 10.6 Å². The van der Waals surface area contributed by atoms with E-state index in [1.165, 1.54) is 11.8 Å². The minimum Gasteiger partial charge on any atom is -0.322 e. The minimum absolute atomic E-state index is 0.165. The predicted octanol–water partition coefficient (Wildman–Crippen LogP) is 8.25. The zero-order chi connectivity index (χ0) is 26.0. The molecule has 0 fully saturated rings.